The largest absolute Gasteiger partial charge is 0.472 e. The van der Waals surface area contributed by atoms with Crippen molar-refractivity contribution in [2.24, 2.45) is 0 Å². The summed E-state index contributed by atoms with van der Waals surface area (Å²) in [6.07, 6.45) is 3.13. The van der Waals surface area contributed by atoms with Crippen molar-refractivity contribution in [3.8, 4) is 0 Å². The number of furan rings is 1. The molecule has 2 heterocycles. The molecule has 1 aromatic heterocycles. The van der Waals surface area contributed by atoms with Gasteiger partial charge in [-0.05, 0) is 11.6 Å². The van der Waals surface area contributed by atoms with Crippen LogP contribution in [0.3, 0.4) is 0 Å². The van der Waals surface area contributed by atoms with Crippen LogP contribution in [0.2, 0.25) is 0 Å². The topological polar surface area (TPSA) is 71.8 Å². The second-order valence-electron chi connectivity index (χ2n) is 5.39. The zero-order chi connectivity index (χ0) is 16.1. The van der Waals surface area contributed by atoms with E-state index in [-0.39, 0.29) is 25.0 Å². The molecular formula is C17H18N2O4. The lowest BCUT2D eigenvalue weighted by Crippen LogP contribution is -2.55. The minimum absolute atomic E-state index is 0.0122. The van der Waals surface area contributed by atoms with Crippen molar-refractivity contribution in [2.45, 2.75) is 19.1 Å². The molecule has 0 spiro atoms. The maximum absolute atomic E-state index is 12.4. The van der Waals surface area contributed by atoms with E-state index in [0.29, 0.717) is 13.1 Å². The third kappa shape index (κ3) is 3.78. The van der Waals surface area contributed by atoms with Crippen LogP contribution in [0.1, 0.15) is 11.1 Å². The predicted octanol–water partition coefficient (Wildman–Crippen LogP) is 1.32. The van der Waals surface area contributed by atoms with Gasteiger partial charge in [0, 0.05) is 18.7 Å². The molecule has 0 saturated carbocycles. The molecule has 1 saturated heterocycles. The average molecular weight is 314 g/mol. The predicted molar refractivity (Wildman–Crippen MR) is 82.2 cm³/mol. The molecular weight excluding hydrogens is 296 g/mol. The Balaban J connectivity index is 1.67. The van der Waals surface area contributed by atoms with Gasteiger partial charge in [-0.15, -0.1) is 0 Å². The minimum Gasteiger partial charge on any atom is -0.472 e. The smallest absolute Gasteiger partial charge is 0.249 e. The number of hydrogen-bond acceptors (Lipinski definition) is 4. The zero-order valence-corrected chi connectivity index (χ0v) is 12.6. The first kappa shape index (κ1) is 15.3. The van der Waals surface area contributed by atoms with Crippen molar-refractivity contribution >= 4 is 11.8 Å². The molecule has 0 aliphatic carbocycles. The lowest BCUT2D eigenvalue weighted by molar-refractivity contribution is -0.155. The first-order chi connectivity index (χ1) is 11.2. The van der Waals surface area contributed by atoms with Crippen LogP contribution in [-0.4, -0.2) is 36.0 Å². The van der Waals surface area contributed by atoms with Crippen molar-refractivity contribution in [2.75, 3.05) is 13.2 Å². The Kier molecular flexibility index (Phi) is 4.73. The molecule has 1 fully saturated rings. The van der Waals surface area contributed by atoms with Crippen LogP contribution in [0.5, 0.6) is 0 Å². The Morgan fingerprint density at radius 2 is 2.04 bits per heavy atom. The lowest BCUT2D eigenvalue weighted by Gasteiger charge is -2.34. The Morgan fingerprint density at radius 3 is 2.78 bits per heavy atom. The van der Waals surface area contributed by atoms with E-state index >= 15 is 0 Å². The number of hydrogen-bond donors (Lipinski definition) is 1. The summed E-state index contributed by atoms with van der Waals surface area (Å²) in [6, 6.07) is 10.8. The van der Waals surface area contributed by atoms with Crippen LogP contribution in [0.4, 0.5) is 0 Å². The molecule has 3 rings (SSSR count). The Hall–Kier alpha value is -2.60. The summed E-state index contributed by atoms with van der Waals surface area (Å²) in [7, 11) is 0. The van der Waals surface area contributed by atoms with Gasteiger partial charge in [-0.3, -0.25) is 9.59 Å². The fraction of sp³-hybridized carbons (Fsp3) is 0.294. The third-order valence-corrected chi connectivity index (χ3v) is 3.74. The average Bonchev–Trinajstić information content (AvgIpc) is 3.09. The molecule has 1 aromatic carbocycles. The van der Waals surface area contributed by atoms with Gasteiger partial charge in [0.25, 0.3) is 0 Å². The van der Waals surface area contributed by atoms with Crippen molar-refractivity contribution in [1.82, 2.24) is 10.2 Å². The van der Waals surface area contributed by atoms with Crippen molar-refractivity contribution < 1.29 is 18.7 Å². The summed E-state index contributed by atoms with van der Waals surface area (Å²) < 4.78 is 10.2. The van der Waals surface area contributed by atoms with Gasteiger partial charge in [-0.25, -0.2) is 0 Å². The highest BCUT2D eigenvalue weighted by molar-refractivity contribution is 5.89. The molecule has 1 aliphatic rings. The number of rotatable bonds is 5. The molecule has 1 unspecified atom stereocenters. The van der Waals surface area contributed by atoms with Gasteiger partial charge in [-0.2, -0.15) is 0 Å². The van der Waals surface area contributed by atoms with Crippen LogP contribution in [0.15, 0.2) is 53.3 Å². The summed E-state index contributed by atoms with van der Waals surface area (Å²) in [5.74, 6) is -0.404. The van der Waals surface area contributed by atoms with E-state index in [1.807, 2.05) is 30.3 Å². The van der Waals surface area contributed by atoms with E-state index in [0.717, 1.165) is 11.1 Å². The first-order valence-electron chi connectivity index (χ1n) is 7.44. The lowest BCUT2D eigenvalue weighted by atomic mass is 10.1. The Morgan fingerprint density at radius 1 is 1.22 bits per heavy atom. The number of carbonyl (C=O) groups is 2. The summed E-state index contributed by atoms with van der Waals surface area (Å²) in [5, 5.41) is 2.82. The third-order valence-electron chi connectivity index (χ3n) is 3.74. The normalized spacial score (nSPS) is 18.0. The SMILES string of the molecule is O=C(NCc1ccoc1)C1COCC(=O)N1Cc1ccccc1. The standard InChI is InChI=1S/C17H18N2O4/c20-16-12-23-11-15(17(21)18-8-14-6-7-22-10-14)19(16)9-13-4-2-1-3-5-13/h1-7,10,15H,8-9,11-12H2,(H,18,21). The second-order valence-corrected chi connectivity index (χ2v) is 5.39. The van der Waals surface area contributed by atoms with Crippen molar-refractivity contribution in [3.63, 3.8) is 0 Å². The van der Waals surface area contributed by atoms with Gasteiger partial charge < -0.3 is 19.4 Å². The van der Waals surface area contributed by atoms with E-state index in [1.54, 1.807) is 23.5 Å². The van der Waals surface area contributed by atoms with E-state index < -0.39 is 6.04 Å². The maximum Gasteiger partial charge on any atom is 0.249 e. The van der Waals surface area contributed by atoms with Crippen molar-refractivity contribution in [1.29, 1.82) is 0 Å². The van der Waals surface area contributed by atoms with Crippen LogP contribution < -0.4 is 5.32 Å². The molecule has 23 heavy (non-hydrogen) atoms. The quantitative estimate of drug-likeness (QED) is 0.903. The number of ether oxygens (including phenoxy) is 1. The number of morpholine rings is 1. The Bertz CT molecular complexity index is 654. The van der Waals surface area contributed by atoms with Crippen molar-refractivity contribution in [3.05, 3.63) is 60.1 Å². The van der Waals surface area contributed by atoms with Crippen LogP contribution in [0, 0.1) is 0 Å². The zero-order valence-electron chi connectivity index (χ0n) is 12.6. The fourth-order valence-corrected chi connectivity index (χ4v) is 2.50. The van der Waals surface area contributed by atoms with Gasteiger partial charge in [0.15, 0.2) is 0 Å². The minimum atomic E-state index is -0.622. The molecule has 0 radical (unpaired) electrons. The number of carbonyl (C=O) groups excluding carboxylic acids is 2. The summed E-state index contributed by atoms with van der Waals surface area (Å²) in [4.78, 5) is 26.1. The molecule has 2 aromatic rings. The number of benzene rings is 1. The van der Waals surface area contributed by atoms with Gasteiger partial charge in [0.1, 0.15) is 12.6 Å². The van der Waals surface area contributed by atoms with Gasteiger partial charge in [-0.1, -0.05) is 30.3 Å². The molecule has 2 amide bonds. The second kappa shape index (κ2) is 7.11. The highest BCUT2D eigenvalue weighted by Crippen LogP contribution is 2.14. The number of nitrogens with zero attached hydrogens (tertiary/aromatic N) is 1. The summed E-state index contributed by atoms with van der Waals surface area (Å²) in [5.41, 5.74) is 1.85. The highest BCUT2D eigenvalue weighted by atomic mass is 16.5. The molecule has 1 N–H and O–H groups in total. The monoisotopic (exact) mass is 314 g/mol. The van der Waals surface area contributed by atoms with Crippen LogP contribution in [0.25, 0.3) is 0 Å². The van der Waals surface area contributed by atoms with E-state index in [4.69, 9.17) is 9.15 Å². The first-order valence-corrected chi connectivity index (χ1v) is 7.44. The number of amides is 2. The van der Waals surface area contributed by atoms with Crippen LogP contribution in [-0.2, 0) is 27.4 Å². The van der Waals surface area contributed by atoms with E-state index in [2.05, 4.69) is 5.32 Å². The summed E-state index contributed by atoms with van der Waals surface area (Å²) >= 11 is 0. The molecule has 1 atom stereocenters. The van der Waals surface area contributed by atoms with Gasteiger partial charge in [0.05, 0.1) is 19.1 Å². The fourth-order valence-electron chi connectivity index (χ4n) is 2.50. The molecule has 1 aliphatic heterocycles. The van der Waals surface area contributed by atoms with E-state index in [1.165, 1.54) is 0 Å². The molecule has 6 nitrogen and oxygen atoms in total. The van der Waals surface area contributed by atoms with Gasteiger partial charge >= 0.3 is 0 Å². The highest BCUT2D eigenvalue weighted by Gasteiger charge is 2.33. The Labute approximate surface area is 134 Å². The molecule has 0 bridgehead atoms. The maximum atomic E-state index is 12.4. The summed E-state index contributed by atoms with van der Waals surface area (Å²) in [6.45, 7) is 0.972. The van der Waals surface area contributed by atoms with E-state index in [9.17, 15) is 9.59 Å². The van der Waals surface area contributed by atoms with Gasteiger partial charge in [0.2, 0.25) is 11.8 Å². The number of nitrogens with one attached hydrogen (secondary N) is 1. The molecule has 120 valence electrons. The molecule has 6 heteroatoms. The van der Waals surface area contributed by atoms with Crippen LogP contribution >= 0.6 is 0 Å².